The Kier molecular flexibility index (Phi) is 4.89. The molecule has 1 fully saturated rings. The largest absolute Gasteiger partial charge is 0.454 e. The Morgan fingerprint density at radius 2 is 1.93 bits per heavy atom. The van der Waals surface area contributed by atoms with Gasteiger partial charge in [0.15, 0.2) is 17.2 Å². The number of likely N-dealkylation sites (tertiary alicyclic amines) is 1. The zero-order valence-corrected chi connectivity index (χ0v) is 15.9. The lowest BCUT2D eigenvalue weighted by atomic mass is 10.0. The molecule has 0 radical (unpaired) electrons. The summed E-state index contributed by atoms with van der Waals surface area (Å²) in [5.41, 5.74) is 0.906. The molecular weight excluding hydrogens is 362 g/mol. The molecule has 3 heterocycles. The highest BCUT2D eigenvalue weighted by molar-refractivity contribution is 5.95. The number of ether oxygens (including phenoxy) is 2. The van der Waals surface area contributed by atoms with Crippen LogP contribution in [0.5, 0.6) is 11.5 Å². The number of nitrogens with one attached hydrogen (secondary N) is 1. The average molecular weight is 385 g/mol. The fourth-order valence-electron chi connectivity index (χ4n) is 3.44. The second kappa shape index (κ2) is 7.49. The number of piperidine rings is 1. The normalized spacial score (nSPS) is 16.5. The Morgan fingerprint density at radius 3 is 2.68 bits per heavy atom. The predicted octanol–water partition coefficient (Wildman–Crippen LogP) is 1.62. The van der Waals surface area contributed by atoms with Crippen molar-refractivity contribution in [2.45, 2.75) is 38.8 Å². The van der Waals surface area contributed by atoms with E-state index in [1.165, 1.54) is 0 Å². The molecule has 0 bridgehead atoms. The molecule has 148 valence electrons. The van der Waals surface area contributed by atoms with Crippen molar-refractivity contribution in [1.29, 1.82) is 0 Å². The van der Waals surface area contributed by atoms with Gasteiger partial charge in [0.05, 0.1) is 12.2 Å². The topological polar surface area (TPSA) is 98.6 Å². The molecule has 2 amide bonds. The Balaban J connectivity index is 1.36. The average Bonchev–Trinajstić information content (AvgIpc) is 3.36. The number of amides is 2. The van der Waals surface area contributed by atoms with Gasteiger partial charge in [-0.2, -0.15) is 0 Å². The molecule has 28 heavy (non-hydrogen) atoms. The van der Waals surface area contributed by atoms with Crippen LogP contribution in [0, 0.1) is 0 Å². The molecule has 1 aromatic carbocycles. The van der Waals surface area contributed by atoms with Crippen LogP contribution in [0.3, 0.4) is 0 Å². The number of aromatic nitrogens is 3. The van der Waals surface area contributed by atoms with Gasteiger partial charge in [0.2, 0.25) is 6.79 Å². The zero-order valence-electron chi connectivity index (χ0n) is 15.9. The molecule has 9 heteroatoms. The second-order valence-corrected chi connectivity index (χ2v) is 7.30. The fraction of sp³-hybridized carbons (Fsp3) is 0.474. The lowest BCUT2D eigenvalue weighted by molar-refractivity contribution is 0.0688. The highest BCUT2D eigenvalue weighted by Crippen LogP contribution is 2.33. The lowest BCUT2D eigenvalue weighted by Crippen LogP contribution is -2.39. The minimum atomic E-state index is -0.225. The number of rotatable bonds is 4. The van der Waals surface area contributed by atoms with Crippen molar-refractivity contribution in [3.05, 3.63) is 35.7 Å². The third kappa shape index (κ3) is 3.64. The van der Waals surface area contributed by atoms with Gasteiger partial charge in [-0.1, -0.05) is 5.21 Å². The van der Waals surface area contributed by atoms with Crippen molar-refractivity contribution in [2.75, 3.05) is 19.9 Å². The summed E-state index contributed by atoms with van der Waals surface area (Å²) < 4.78 is 12.4. The van der Waals surface area contributed by atoms with Gasteiger partial charge in [0.25, 0.3) is 11.8 Å². The van der Waals surface area contributed by atoms with E-state index >= 15 is 0 Å². The lowest BCUT2D eigenvalue weighted by Gasteiger charge is -2.31. The molecular formula is C19H23N5O4. The van der Waals surface area contributed by atoms with Gasteiger partial charge < -0.3 is 19.7 Å². The molecule has 2 aliphatic rings. The van der Waals surface area contributed by atoms with Crippen molar-refractivity contribution < 1.29 is 19.1 Å². The molecule has 2 aliphatic heterocycles. The van der Waals surface area contributed by atoms with Gasteiger partial charge in [-0.05, 0) is 44.9 Å². The summed E-state index contributed by atoms with van der Waals surface area (Å²) in [6.45, 7) is 5.22. The molecule has 2 aromatic rings. The minimum absolute atomic E-state index is 0.0210. The summed E-state index contributed by atoms with van der Waals surface area (Å²) in [6.07, 6.45) is 3.19. The highest BCUT2D eigenvalue weighted by Gasteiger charge is 2.27. The first-order valence-corrected chi connectivity index (χ1v) is 9.43. The van der Waals surface area contributed by atoms with Crippen LogP contribution in [0.1, 0.15) is 53.6 Å². The number of carbonyl (C=O) groups excluding carboxylic acids is 2. The highest BCUT2D eigenvalue weighted by atomic mass is 16.7. The van der Waals surface area contributed by atoms with E-state index in [0.29, 0.717) is 35.8 Å². The molecule has 0 saturated carbocycles. The Morgan fingerprint density at radius 1 is 1.18 bits per heavy atom. The molecule has 1 aromatic heterocycles. The summed E-state index contributed by atoms with van der Waals surface area (Å²) in [7, 11) is 0. The Hall–Kier alpha value is -3.10. The van der Waals surface area contributed by atoms with Crippen molar-refractivity contribution in [3.63, 3.8) is 0 Å². The summed E-state index contributed by atoms with van der Waals surface area (Å²) in [5, 5.41) is 10.9. The molecule has 0 spiro atoms. The molecule has 9 nitrogen and oxygen atoms in total. The van der Waals surface area contributed by atoms with Crippen LogP contribution < -0.4 is 14.8 Å². The summed E-state index contributed by atoms with van der Waals surface area (Å²) >= 11 is 0. The quantitative estimate of drug-likeness (QED) is 0.859. The van der Waals surface area contributed by atoms with Crippen LogP contribution in [0.15, 0.2) is 24.4 Å². The van der Waals surface area contributed by atoms with Crippen LogP contribution in [0.2, 0.25) is 0 Å². The van der Waals surface area contributed by atoms with Crippen LogP contribution in [-0.2, 0) is 0 Å². The maximum atomic E-state index is 12.8. The van der Waals surface area contributed by atoms with E-state index in [-0.39, 0.29) is 30.7 Å². The third-order valence-corrected chi connectivity index (χ3v) is 4.91. The van der Waals surface area contributed by atoms with Crippen molar-refractivity contribution in [2.24, 2.45) is 0 Å². The number of benzene rings is 1. The number of hydrogen-bond acceptors (Lipinski definition) is 6. The maximum Gasteiger partial charge on any atom is 0.273 e. The van der Waals surface area contributed by atoms with Crippen molar-refractivity contribution in [3.8, 4) is 11.5 Å². The van der Waals surface area contributed by atoms with E-state index in [2.05, 4.69) is 15.6 Å². The van der Waals surface area contributed by atoms with E-state index in [1.54, 1.807) is 29.1 Å². The molecule has 0 aliphatic carbocycles. The van der Waals surface area contributed by atoms with Gasteiger partial charge >= 0.3 is 0 Å². The third-order valence-electron chi connectivity index (χ3n) is 4.91. The van der Waals surface area contributed by atoms with Crippen molar-refractivity contribution in [1.82, 2.24) is 25.2 Å². The fourth-order valence-corrected chi connectivity index (χ4v) is 3.44. The number of fused-ring (bicyclic) bond motifs is 1. The number of nitrogens with zero attached hydrogens (tertiary/aromatic N) is 4. The monoisotopic (exact) mass is 385 g/mol. The second-order valence-electron chi connectivity index (χ2n) is 7.30. The molecule has 4 rings (SSSR count). The summed E-state index contributed by atoms with van der Waals surface area (Å²) in [4.78, 5) is 26.6. The van der Waals surface area contributed by atoms with Crippen LogP contribution >= 0.6 is 0 Å². The van der Waals surface area contributed by atoms with Crippen molar-refractivity contribution >= 4 is 11.8 Å². The van der Waals surface area contributed by atoms with Crippen LogP contribution in [-0.4, -0.2) is 57.6 Å². The van der Waals surface area contributed by atoms with Crippen LogP contribution in [0.4, 0.5) is 0 Å². The van der Waals surface area contributed by atoms with Gasteiger partial charge in [0.1, 0.15) is 0 Å². The predicted molar refractivity (Wildman–Crippen MR) is 99.4 cm³/mol. The van der Waals surface area contributed by atoms with Gasteiger partial charge in [-0.3, -0.25) is 9.59 Å². The summed E-state index contributed by atoms with van der Waals surface area (Å²) in [5.74, 6) is 1.03. The molecule has 0 unspecified atom stereocenters. The van der Waals surface area contributed by atoms with Gasteiger partial charge in [0, 0.05) is 24.7 Å². The SMILES string of the molecule is CC(C)NC(=O)c1cn(C2CCN(C(=O)c3ccc4c(c3)OCO4)CC2)nn1. The van der Waals surface area contributed by atoms with E-state index in [9.17, 15) is 9.59 Å². The Bertz CT molecular complexity index is 886. The molecule has 1 N–H and O–H groups in total. The number of carbonyl (C=O) groups is 2. The first-order chi connectivity index (χ1) is 13.5. The first kappa shape index (κ1) is 18.3. The maximum absolute atomic E-state index is 12.8. The molecule has 1 saturated heterocycles. The van der Waals surface area contributed by atoms with E-state index < -0.39 is 0 Å². The zero-order chi connectivity index (χ0) is 19.7. The van der Waals surface area contributed by atoms with Gasteiger partial charge in [-0.25, -0.2) is 4.68 Å². The standard InChI is InChI=1S/C19H23N5O4/c1-12(2)20-18(25)15-10-24(22-21-15)14-5-7-23(8-6-14)19(26)13-3-4-16-17(9-13)28-11-27-16/h3-4,9-10,12,14H,5-8,11H2,1-2H3,(H,20,25). The first-order valence-electron chi connectivity index (χ1n) is 9.43. The number of hydrogen-bond donors (Lipinski definition) is 1. The van der Waals surface area contributed by atoms with E-state index in [4.69, 9.17) is 9.47 Å². The smallest absolute Gasteiger partial charge is 0.273 e. The van der Waals surface area contributed by atoms with Gasteiger partial charge in [-0.15, -0.1) is 5.10 Å². The Labute approximate surface area is 162 Å². The van der Waals surface area contributed by atoms with E-state index in [1.807, 2.05) is 18.7 Å². The summed E-state index contributed by atoms with van der Waals surface area (Å²) in [6, 6.07) is 5.42. The minimum Gasteiger partial charge on any atom is -0.454 e. The van der Waals surface area contributed by atoms with E-state index in [0.717, 1.165) is 12.8 Å². The van der Waals surface area contributed by atoms with Crippen LogP contribution in [0.25, 0.3) is 0 Å². The molecule has 0 atom stereocenters.